The van der Waals surface area contributed by atoms with Crippen molar-refractivity contribution in [2.45, 2.75) is 38.5 Å². The first-order valence-corrected chi connectivity index (χ1v) is 6.04. The van der Waals surface area contributed by atoms with Crippen molar-refractivity contribution < 1.29 is 5.11 Å². The summed E-state index contributed by atoms with van der Waals surface area (Å²) in [5.41, 5.74) is 8.15. The van der Waals surface area contributed by atoms with Crippen molar-refractivity contribution in [3.8, 4) is 0 Å². The molecule has 1 aliphatic rings. The fraction of sp³-hybridized carbons (Fsp3) is 0.750. The molecule has 1 aliphatic carbocycles. The fourth-order valence-electron chi connectivity index (χ4n) is 3.08. The van der Waals surface area contributed by atoms with Gasteiger partial charge < -0.3 is 10.8 Å². The van der Waals surface area contributed by atoms with E-state index in [1.165, 1.54) is 12.8 Å². The van der Waals surface area contributed by atoms with Gasteiger partial charge in [0.1, 0.15) is 0 Å². The average molecular weight is 223 g/mol. The van der Waals surface area contributed by atoms with Gasteiger partial charge in [-0.3, -0.25) is 5.10 Å². The smallest absolute Gasteiger partial charge is 0.0519 e. The van der Waals surface area contributed by atoms with E-state index in [-0.39, 0.29) is 17.9 Å². The molecule has 4 nitrogen and oxygen atoms in total. The van der Waals surface area contributed by atoms with Crippen LogP contribution in [0.5, 0.6) is 0 Å². The first-order chi connectivity index (χ1) is 7.73. The number of aliphatic hydroxyl groups excluding tert-OH is 1. The van der Waals surface area contributed by atoms with Crippen LogP contribution in [0.3, 0.4) is 0 Å². The zero-order chi connectivity index (χ0) is 11.6. The number of hydrogen-bond acceptors (Lipinski definition) is 3. The molecule has 1 aromatic heterocycles. The van der Waals surface area contributed by atoms with E-state index in [9.17, 15) is 5.11 Å². The molecule has 4 N–H and O–H groups in total. The molecule has 0 spiro atoms. The summed E-state index contributed by atoms with van der Waals surface area (Å²) in [6, 6.07) is 0. The molecule has 0 aromatic carbocycles. The number of aliphatic hydroxyl groups is 1. The van der Waals surface area contributed by atoms with Crippen molar-refractivity contribution in [1.29, 1.82) is 0 Å². The highest BCUT2D eigenvalue weighted by atomic mass is 16.3. The zero-order valence-corrected chi connectivity index (χ0v) is 9.87. The number of aromatic nitrogens is 2. The van der Waals surface area contributed by atoms with Crippen molar-refractivity contribution in [1.82, 2.24) is 10.2 Å². The summed E-state index contributed by atoms with van der Waals surface area (Å²) in [5.74, 6) is 0.211. The van der Waals surface area contributed by atoms with E-state index in [4.69, 9.17) is 5.73 Å². The molecule has 0 aliphatic heterocycles. The van der Waals surface area contributed by atoms with Crippen molar-refractivity contribution in [2.75, 3.05) is 13.2 Å². The van der Waals surface area contributed by atoms with Crippen LogP contribution in [0.4, 0.5) is 0 Å². The molecule has 0 saturated heterocycles. The molecule has 2 rings (SSSR count). The van der Waals surface area contributed by atoms with E-state index in [0.29, 0.717) is 6.54 Å². The standard InChI is InChI=1S/C12H21N3O/c1-9-7-14-15-11(9)10(6-13)12(8-16)4-2-3-5-12/h7,10,16H,2-6,8,13H2,1H3,(H,14,15)/t10-/m1/s1. The Hall–Kier alpha value is -0.870. The molecule has 1 atom stereocenters. The normalized spacial score (nSPS) is 21.2. The van der Waals surface area contributed by atoms with E-state index in [1.54, 1.807) is 0 Å². The number of H-pyrrole nitrogens is 1. The molecule has 1 aromatic rings. The largest absolute Gasteiger partial charge is 0.396 e. The molecule has 0 bridgehead atoms. The zero-order valence-electron chi connectivity index (χ0n) is 9.87. The van der Waals surface area contributed by atoms with E-state index < -0.39 is 0 Å². The Kier molecular flexibility index (Phi) is 3.30. The van der Waals surface area contributed by atoms with Crippen LogP contribution in [0.15, 0.2) is 6.20 Å². The second-order valence-corrected chi connectivity index (χ2v) is 4.98. The van der Waals surface area contributed by atoms with Gasteiger partial charge in [0.15, 0.2) is 0 Å². The van der Waals surface area contributed by atoms with Crippen LogP contribution in [-0.2, 0) is 0 Å². The maximum atomic E-state index is 9.72. The van der Waals surface area contributed by atoms with Gasteiger partial charge in [0, 0.05) is 30.2 Å². The average Bonchev–Trinajstić information content (AvgIpc) is 2.91. The molecular formula is C12H21N3O. The van der Waals surface area contributed by atoms with Crippen LogP contribution in [-0.4, -0.2) is 28.5 Å². The Morgan fingerprint density at radius 3 is 2.69 bits per heavy atom. The van der Waals surface area contributed by atoms with E-state index in [0.717, 1.165) is 24.1 Å². The highest BCUT2D eigenvalue weighted by Crippen LogP contribution is 2.48. The van der Waals surface area contributed by atoms with Gasteiger partial charge in [-0.1, -0.05) is 12.8 Å². The first-order valence-electron chi connectivity index (χ1n) is 6.04. The van der Waals surface area contributed by atoms with Crippen LogP contribution < -0.4 is 5.73 Å². The number of nitrogens with one attached hydrogen (secondary N) is 1. The third-order valence-corrected chi connectivity index (χ3v) is 4.11. The minimum Gasteiger partial charge on any atom is -0.396 e. The predicted molar refractivity (Wildman–Crippen MR) is 63.1 cm³/mol. The molecule has 0 radical (unpaired) electrons. The number of nitrogens with zero attached hydrogens (tertiary/aromatic N) is 1. The van der Waals surface area contributed by atoms with Gasteiger partial charge in [-0.15, -0.1) is 0 Å². The minimum atomic E-state index is -0.0218. The number of rotatable bonds is 4. The highest BCUT2D eigenvalue weighted by Gasteiger charge is 2.42. The van der Waals surface area contributed by atoms with Crippen molar-refractivity contribution >= 4 is 0 Å². The molecule has 90 valence electrons. The van der Waals surface area contributed by atoms with Gasteiger partial charge in [0.25, 0.3) is 0 Å². The summed E-state index contributed by atoms with van der Waals surface area (Å²) in [4.78, 5) is 0. The van der Waals surface area contributed by atoms with Crippen LogP contribution in [0, 0.1) is 12.3 Å². The lowest BCUT2D eigenvalue weighted by molar-refractivity contribution is 0.101. The summed E-state index contributed by atoms with van der Waals surface area (Å²) in [7, 11) is 0. The van der Waals surface area contributed by atoms with Gasteiger partial charge in [-0.25, -0.2) is 0 Å². The summed E-state index contributed by atoms with van der Waals surface area (Å²) in [6.45, 7) is 2.85. The monoisotopic (exact) mass is 223 g/mol. The van der Waals surface area contributed by atoms with Crippen LogP contribution in [0.25, 0.3) is 0 Å². The van der Waals surface area contributed by atoms with E-state index >= 15 is 0 Å². The van der Waals surface area contributed by atoms with Gasteiger partial charge in [0.05, 0.1) is 6.20 Å². The molecule has 0 amide bonds. The van der Waals surface area contributed by atoms with Gasteiger partial charge in [-0.05, 0) is 25.3 Å². The van der Waals surface area contributed by atoms with E-state index in [2.05, 4.69) is 10.2 Å². The minimum absolute atomic E-state index is 0.0218. The molecule has 1 heterocycles. The molecular weight excluding hydrogens is 202 g/mol. The lowest BCUT2D eigenvalue weighted by Crippen LogP contribution is -2.35. The summed E-state index contributed by atoms with van der Waals surface area (Å²) in [5, 5.41) is 16.8. The van der Waals surface area contributed by atoms with Gasteiger partial charge in [0.2, 0.25) is 0 Å². The lowest BCUT2D eigenvalue weighted by atomic mass is 9.72. The highest BCUT2D eigenvalue weighted by molar-refractivity contribution is 5.22. The second-order valence-electron chi connectivity index (χ2n) is 4.98. The Bertz CT molecular complexity index is 342. The molecule has 0 unspecified atom stereocenters. The number of aryl methyl sites for hydroxylation is 1. The lowest BCUT2D eigenvalue weighted by Gasteiger charge is -2.35. The Morgan fingerprint density at radius 1 is 1.56 bits per heavy atom. The Balaban J connectivity index is 2.31. The van der Waals surface area contributed by atoms with Crippen molar-refractivity contribution in [3.05, 3.63) is 17.5 Å². The quantitative estimate of drug-likeness (QED) is 0.720. The molecule has 4 heteroatoms. The molecule has 16 heavy (non-hydrogen) atoms. The predicted octanol–water partition coefficient (Wildman–Crippen LogP) is 1.31. The van der Waals surface area contributed by atoms with Crippen LogP contribution in [0.2, 0.25) is 0 Å². The van der Waals surface area contributed by atoms with Crippen molar-refractivity contribution in [3.63, 3.8) is 0 Å². The van der Waals surface area contributed by atoms with Gasteiger partial charge >= 0.3 is 0 Å². The topological polar surface area (TPSA) is 74.9 Å². The SMILES string of the molecule is Cc1cn[nH]c1[C@@H](CN)C1(CO)CCCC1. The first kappa shape index (κ1) is 11.6. The molecule has 1 fully saturated rings. The van der Waals surface area contributed by atoms with Crippen LogP contribution in [0.1, 0.15) is 42.9 Å². The second kappa shape index (κ2) is 4.55. The summed E-state index contributed by atoms with van der Waals surface area (Å²) < 4.78 is 0. The van der Waals surface area contributed by atoms with Crippen LogP contribution >= 0.6 is 0 Å². The Morgan fingerprint density at radius 2 is 2.25 bits per heavy atom. The number of nitrogens with two attached hydrogens (primary N) is 1. The number of hydrogen-bond donors (Lipinski definition) is 3. The van der Waals surface area contributed by atoms with Gasteiger partial charge in [-0.2, -0.15) is 5.10 Å². The van der Waals surface area contributed by atoms with Crippen molar-refractivity contribution in [2.24, 2.45) is 11.1 Å². The number of aromatic amines is 1. The molecule has 1 saturated carbocycles. The third kappa shape index (κ3) is 1.76. The maximum absolute atomic E-state index is 9.72. The third-order valence-electron chi connectivity index (χ3n) is 4.11. The summed E-state index contributed by atoms with van der Waals surface area (Å²) in [6.07, 6.45) is 6.38. The Labute approximate surface area is 96.2 Å². The van der Waals surface area contributed by atoms with E-state index in [1.807, 2.05) is 13.1 Å². The maximum Gasteiger partial charge on any atom is 0.0519 e. The summed E-state index contributed by atoms with van der Waals surface area (Å²) >= 11 is 0. The fourth-order valence-corrected chi connectivity index (χ4v) is 3.08.